The zero-order valence-electron chi connectivity index (χ0n) is 10.5. The average molecular weight is 244 g/mol. The Balaban J connectivity index is 2.30. The Morgan fingerprint density at radius 3 is 2.59 bits per heavy atom. The predicted molar refractivity (Wildman–Crippen MR) is 61.9 cm³/mol. The zero-order chi connectivity index (χ0) is 13.1. The number of hydrogen-bond donors (Lipinski definition) is 2. The van der Waals surface area contributed by atoms with Crippen molar-refractivity contribution >= 4 is 12.0 Å². The molecule has 0 aromatic heterocycles. The van der Waals surface area contributed by atoms with Crippen molar-refractivity contribution < 1.29 is 19.4 Å². The van der Waals surface area contributed by atoms with E-state index in [4.69, 9.17) is 9.84 Å². The number of carbonyl (C=O) groups excluding carboxylic acids is 1. The normalized spacial score (nSPS) is 19.4. The smallest absolute Gasteiger partial charge is 0.329 e. The minimum absolute atomic E-state index is 0.115. The van der Waals surface area contributed by atoms with E-state index in [0.29, 0.717) is 13.1 Å². The van der Waals surface area contributed by atoms with Gasteiger partial charge in [0, 0.05) is 6.04 Å². The fourth-order valence-corrected chi connectivity index (χ4v) is 1.64. The molecule has 1 unspecified atom stereocenters. The molecule has 2 amide bonds. The van der Waals surface area contributed by atoms with E-state index >= 15 is 0 Å². The molecule has 6 nitrogen and oxygen atoms in total. The lowest BCUT2D eigenvalue weighted by atomic mass is 9.97. The fraction of sp³-hybridized carbons (Fsp3) is 0.818. The summed E-state index contributed by atoms with van der Waals surface area (Å²) in [6, 6.07) is 0.0324. The molecular formula is C11H20N2O4. The highest BCUT2D eigenvalue weighted by Crippen LogP contribution is 2.24. The summed E-state index contributed by atoms with van der Waals surface area (Å²) in [6.45, 7) is 6.30. The van der Waals surface area contributed by atoms with Gasteiger partial charge in [-0.25, -0.2) is 9.59 Å². The predicted octanol–water partition coefficient (Wildman–Crippen LogP) is 0.670. The number of carboxylic acid groups (broad SMARTS) is 1. The van der Waals surface area contributed by atoms with Gasteiger partial charge in [0.05, 0.1) is 13.1 Å². The van der Waals surface area contributed by atoms with Gasteiger partial charge in [-0.3, -0.25) is 0 Å². The largest absolute Gasteiger partial charge is 0.480 e. The van der Waals surface area contributed by atoms with Gasteiger partial charge >= 0.3 is 12.0 Å². The molecule has 1 heterocycles. The van der Waals surface area contributed by atoms with Crippen molar-refractivity contribution in [2.45, 2.75) is 38.8 Å². The molecule has 17 heavy (non-hydrogen) atoms. The van der Waals surface area contributed by atoms with Crippen LogP contribution >= 0.6 is 0 Å². The van der Waals surface area contributed by atoms with Crippen LogP contribution in [0.25, 0.3) is 0 Å². The number of nitrogens with zero attached hydrogens (tertiary/aromatic N) is 1. The highest BCUT2D eigenvalue weighted by molar-refractivity contribution is 5.75. The maximum atomic E-state index is 11.7. The van der Waals surface area contributed by atoms with Crippen LogP contribution < -0.4 is 5.32 Å². The minimum atomic E-state index is -0.992. The van der Waals surface area contributed by atoms with Gasteiger partial charge in [0.15, 0.2) is 0 Å². The van der Waals surface area contributed by atoms with Gasteiger partial charge in [-0.15, -0.1) is 0 Å². The Morgan fingerprint density at radius 2 is 2.12 bits per heavy atom. The van der Waals surface area contributed by atoms with Crippen LogP contribution in [0.3, 0.4) is 0 Å². The van der Waals surface area contributed by atoms with Gasteiger partial charge in [0.1, 0.15) is 12.2 Å². The second-order valence-electron chi connectivity index (χ2n) is 4.75. The number of likely N-dealkylation sites (tertiary alicyclic amines) is 1. The molecule has 0 aromatic rings. The van der Waals surface area contributed by atoms with Crippen molar-refractivity contribution in [3.63, 3.8) is 0 Å². The summed E-state index contributed by atoms with van der Waals surface area (Å²) in [5.74, 6) is -0.992. The quantitative estimate of drug-likeness (QED) is 0.745. The molecule has 1 aliphatic rings. The third kappa shape index (κ3) is 3.89. The van der Waals surface area contributed by atoms with Crippen molar-refractivity contribution in [2.24, 2.45) is 0 Å². The molecule has 0 spiro atoms. The second kappa shape index (κ2) is 5.35. The van der Waals surface area contributed by atoms with Crippen LogP contribution in [0.1, 0.15) is 27.2 Å². The molecule has 1 fully saturated rings. The lowest BCUT2D eigenvalue weighted by Gasteiger charge is -2.47. The summed E-state index contributed by atoms with van der Waals surface area (Å²) in [7, 11) is 0. The van der Waals surface area contributed by atoms with E-state index in [1.54, 1.807) is 4.90 Å². The number of hydrogen-bond acceptors (Lipinski definition) is 3. The van der Waals surface area contributed by atoms with Crippen LogP contribution in [0.2, 0.25) is 0 Å². The highest BCUT2D eigenvalue weighted by Gasteiger charge is 2.42. The summed E-state index contributed by atoms with van der Waals surface area (Å²) in [4.78, 5) is 23.7. The van der Waals surface area contributed by atoms with E-state index in [1.807, 2.05) is 20.8 Å². The lowest BCUT2D eigenvalue weighted by Crippen LogP contribution is -2.65. The van der Waals surface area contributed by atoms with Crippen molar-refractivity contribution in [1.29, 1.82) is 0 Å². The van der Waals surface area contributed by atoms with E-state index in [9.17, 15) is 9.59 Å². The summed E-state index contributed by atoms with van der Waals surface area (Å²) in [6.07, 6.45) is 0.881. The van der Waals surface area contributed by atoms with Gasteiger partial charge in [0.25, 0.3) is 0 Å². The third-order valence-electron chi connectivity index (χ3n) is 2.86. The van der Waals surface area contributed by atoms with E-state index in [2.05, 4.69) is 5.32 Å². The van der Waals surface area contributed by atoms with Crippen LogP contribution in [0.5, 0.6) is 0 Å². The first kappa shape index (κ1) is 13.8. The Hall–Kier alpha value is -1.30. The number of rotatable bonds is 5. The van der Waals surface area contributed by atoms with Crippen LogP contribution in [-0.4, -0.2) is 53.3 Å². The average Bonchev–Trinajstić information content (AvgIpc) is 2.22. The van der Waals surface area contributed by atoms with Gasteiger partial charge in [-0.05, 0) is 20.3 Å². The molecule has 1 saturated heterocycles. The van der Waals surface area contributed by atoms with Gasteiger partial charge in [0.2, 0.25) is 0 Å². The maximum absolute atomic E-state index is 11.7. The number of aliphatic carboxylic acids is 1. The number of nitrogens with one attached hydrogen (secondary N) is 1. The molecule has 1 rings (SSSR count). The second-order valence-corrected chi connectivity index (χ2v) is 4.75. The lowest BCUT2D eigenvalue weighted by molar-refractivity contribution is -0.159. The molecule has 1 aliphatic heterocycles. The van der Waals surface area contributed by atoms with Crippen LogP contribution in [0, 0.1) is 0 Å². The monoisotopic (exact) mass is 244 g/mol. The third-order valence-corrected chi connectivity index (χ3v) is 2.86. The topological polar surface area (TPSA) is 78.9 Å². The Labute approximate surface area is 101 Å². The first-order valence-electron chi connectivity index (χ1n) is 5.77. The number of amides is 2. The molecule has 0 bridgehead atoms. The summed E-state index contributed by atoms with van der Waals surface area (Å²) >= 11 is 0. The first-order chi connectivity index (χ1) is 7.86. The summed E-state index contributed by atoms with van der Waals surface area (Å²) in [5, 5.41) is 11.4. The van der Waals surface area contributed by atoms with Crippen LogP contribution in [-0.2, 0) is 9.53 Å². The molecule has 1 atom stereocenters. The summed E-state index contributed by atoms with van der Waals surface area (Å²) < 4.78 is 5.22. The molecular weight excluding hydrogens is 224 g/mol. The van der Waals surface area contributed by atoms with Crippen molar-refractivity contribution in [3.8, 4) is 0 Å². The molecule has 2 N–H and O–H groups in total. The van der Waals surface area contributed by atoms with Crippen molar-refractivity contribution in [1.82, 2.24) is 10.2 Å². The number of ether oxygens (including phenoxy) is 1. The molecule has 0 saturated carbocycles. The van der Waals surface area contributed by atoms with Gasteiger partial charge < -0.3 is 20.1 Å². The van der Waals surface area contributed by atoms with Crippen molar-refractivity contribution in [3.05, 3.63) is 0 Å². The Kier molecular flexibility index (Phi) is 4.34. The maximum Gasteiger partial charge on any atom is 0.329 e. The number of carboxylic acids is 1. The fourth-order valence-electron chi connectivity index (χ4n) is 1.64. The highest BCUT2D eigenvalue weighted by atomic mass is 16.5. The first-order valence-corrected chi connectivity index (χ1v) is 5.77. The minimum Gasteiger partial charge on any atom is -0.480 e. The molecule has 0 aliphatic carbocycles. The number of urea groups is 1. The van der Waals surface area contributed by atoms with E-state index < -0.39 is 11.6 Å². The zero-order valence-corrected chi connectivity index (χ0v) is 10.5. The van der Waals surface area contributed by atoms with Gasteiger partial charge in [-0.2, -0.15) is 0 Å². The Bertz CT molecular complexity index is 300. The van der Waals surface area contributed by atoms with E-state index in [0.717, 1.165) is 6.42 Å². The standard InChI is InChI=1S/C11H20N2O4/c1-4-8(2)12-10(16)13-6-11(3,7-13)17-5-9(14)15/h8H,4-7H2,1-3H3,(H,12,16)(H,14,15). The number of carbonyl (C=O) groups is 2. The van der Waals surface area contributed by atoms with E-state index in [1.165, 1.54) is 0 Å². The summed E-state index contributed by atoms with van der Waals surface area (Å²) in [5.41, 5.74) is -0.523. The molecule has 6 heteroatoms. The molecule has 0 aromatic carbocycles. The van der Waals surface area contributed by atoms with Gasteiger partial charge in [-0.1, -0.05) is 6.92 Å². The Morgan fingerprint density at radius 1 is 1.53 bits per heavy atom. The molecule has 98 valence electrons. The SMILES string of the molecule is CCC(C)NC(=O)N1CC(C)(OCC(=O)O)C1. The molecule has 0 radical (unpaired) electrons. The van der Waals surface area contributed by atoms with Crippen LogP contribution in [0.4, 0.5) is 4.79 Å². The van der Waals surface area contributed by atoms with E-state index in [-0.39, 0.29) is 18.7 Å². The van der Waals surface area contributed by atoms with Crippen molar-refractivity contribution in [2.75, 3.05) is 19.7 Å². The van der Waals surface area contributed by atoms with Crippen LogP contribution in [0.15, 0.2) is 0 Å².